The van der Waals surface area contributed by atoms with Crippen LogP contribution in [0.2, 0.25) is 0 Å². The highest BCUT2D eigenvalue weighted by atomic mass is 16.5. The van der Waals surface area contributed by atoms with E-state index in [4.69, 9.17) is 4.74 Å². The predicted molar refractivity (Wildman–Crippen MR) is 98.1 cm³/mol. The highest BCUT2D eigenvalue weighted by molar-refractivity contribution is 5.95. The Balaban J connectivity index is 1.83. The van der Waals surface area contributed by atoms with Gasteiger partial charge in [-0.1, -0.05) is 19.1 Å². The topological polar surface area (TPSA) is 73.9 Å². The number of urea groups is 1. The summed E-state index contributed by atoms with van der Waals surface area (Å²) in [7, 11) is 1.85. The van der Waals surface area contributed by atoms with Crippen LogP contribution in [0.1, 0.15) is 20.3 Å². The van der Waals surface area contributed by atoms with Gasteiger partial charge in [0, 0.05) is 19.6 Å². The summed E-state index contributed by atoms with van der Waals surface area (Å²) in [6, 6.07) is 7.54. The number of ether oxygens (including phenoxy) is 1. The zero-order chi connectivity index (χ0) is 18.2. The van der Waals surface area contributed by atoms with Crippen molar-refractivity contribution in [2.24, 2.45) is 0 Å². The van der Waals surface area contributed by atoms with Crippen LogP contribution < -0.4 is 20.3 Å². The average molecular weight is 348 g/mol. The Morgan fingerprint density at radius 1 is 1.32 bits per heavy atom. The molecule has 1 aromatic rings. The molecule has 7 nitrogen and oxygen atoms in total. The van der Waals surface area contributed by atoms with Crippen molar-refractivity contribution in [2.45, 2.75) is 26.4 Å². The highest BCUT2D eigenvalue weighted by Crippen LogP contribution is 2.32. The minimum atomic E-state index is -0.444. The van der Waals surface area contributed by atoms with Gasteiger partial charge in [-0.2, -0.15) is 0 Å². The van der Waals surface area contributed by atoms with Gasteiger partial charge in [0.1, 0.15) is 11.9 Å². The Labute approximate surface area is 149 Å². The van der Waals surface area contributed by atoms with Gasteiger partial charge < -0.3 is 15.0 Å². The molecule has 1 aliphatic rings. The number of imide groups is 1. The fraction of sp³-hybridized carbons (Fsp3) is 0.556. The first-order chi connectivity index (χ1) is 12.0. The Kier molecular flexibility index (Phi) is 7.06. The van der Waals surface area contributed by atoms with Crippen molar-refractivity contribution in [3.63, 3.8) is 0 Å². The van der Waals surface area contributed by atoms with E-state index in [1.54, 1.807) is 0 Å². The molecule has 3 amide bonds. The minimum Gasteiger partial charge on any atom is -0.485 e. The quantitative estimate of drug-likeness (QED) is 0.780. The van der Waals surface area contributed by atoms with E-state index in [0.717, 1.165) is 30.9 Å². The lowest BCUT2D eigenvalue weighted by Gasteiger charge is -2.37. The lowest BCUT2D eigenvalue weighted by molar-refractivity contribution is -0.121. The lowest BCUT2D eigenvalue weighted by atomic mass is 10.2. The lowest BCUT2D eigenvalue weighted by Crippen LogP contribution is -2.48. The molecule has 0 saturated carbocycles. The van der Waals surface area contributed by atoms with Gasteiger partial charge in [0.05, 0.1) is 18.8 Å². The van der Waals surface area contributed by atoms with Crippen molar-refractivity contribution < 1.29 is 14.3 Å². The molecule has 0 spiro atoms. The Hall–Kier alpha value is -2.28. The molecule has 1 heterocycles. The maximum Gasteiger partial charge on any atom is 0.321 e. The fourth-order valence-corrected chi connectivity index (χ4v) is 2.88. The van der Waals surface area contributed by atoms with E-state index in [2.05, 4.69) is 28.5 Å². The van der Waals surface area contributed by atoms with Crippen LogP contribution in [-0.2, 0) is 4.79 Å². The molecule has 1 aromatic carbocycles. The van der Waals surface area contributed by atoms with E-state index >= 15 is 0 Å². The minimum absolute atomic E-state index is 0.0263. The van der Waals surface area contributed by atoms with E-state index in [1.165, 1.54) is 0 Å². The van der Waals surface area contributed by atoms with Crippen LogP contribution in [0.5, 0.6) is 5.75 Å². The normalized spacial score (nSPS) is 16.2. The average Bonchev–Trinajstić information content (AvgIpc) is 2.58. The molecule has 1 atom stereocenters. The second kappa shape index (κ2) is 9.27. The molecule has 25 heavy (non-hydrogen) atoms. The maximum atomic E-state index is 11.9. The largest absolute Gasteiger partial charge is 0.485 e. The van der Waals surface area contributed by atoms with Crippen LogP contribution in [0.15, 0.2) is 24.3 Å². The van der Waals surface area contributed by atoms with E-state index in [9.17, 15) is 9.59 Å². The number of hydrogen-bond acceptors (Lipinski definition) is 5. The number of carbonyl (C=O) groups excluding carboxylic acids is 2. The van der Waals surface area contributed by atoms with Crippen LogP contribution in [0, 0.1) is 0 Å². The van der Waals surface area contributed by atoms with Gasteiger partial charge in [0.15, 0.2) is 0 Å². The van der Waals surface area contributed by atoms with E-state index in [-0.39, 0.29) is 18.6 Å². The first-order valence-electron chi connectivity index (χ1n) is 8.80. The summed E-state index contributed by atoms with van der Waals surface area (Å²) < 4.78 is 6.06. The summed E-state index contributed by atoms with van der Waals surface area (Å²) in [6.07, 6.45) is 0.803. The number of para-hydroxylation sites is 2. The SMILES string of the molecule is CCCNC(=O)NC(=O)CN(C)CC1CN(CC)c2ccccc2O1. The number of fused-ring (bicyclic) bond motifs is 1. The Morgan fingerprint density at radius 2 is 2.08 bits per heavy atom. The number of likely N-dealkylation sites (N-methyl/N-ethyl adjacent to an activating group) is 2. The number of amides is 3. The number of hydrogen-bond donors (Lipinski definition) is 2. The van der Waals surface area contributed by atoms with Crippen LogP contribution in [0.4, 0.5) is 10.5 Å². The number of benzene rings is 1. The van der Waals surface area contributed by atoms with E-state index in [0.29, 0.717) is 13.1 Å². The standard InChI is InChI=1S/C18H28N4O3/c1-4-10-19-18(24)20-17(23)13-21(3)11-14-12-22(5-2)15-8-6-7-9-16(15)25-14/h6-9,14H,4-5,10-13H2,1-3H3,(H2,19,20,23,24). The summed E-state index contributed by atoms with van der Waals surface area (Å²) in [5.41, 5.74) is 1.11. The summed E-state index contributed by atoms with van der Waals surface area (Å²) in [5.74, 6) is 0.553. The highest BCUT2D eigenvalue weighted by Gasteiger charge is 2.25. The van der Waals surface area contributed by atoms with E-state index in [1.807, 2.05) is 37.1 Å². The van der Waals surface area contributed by atoms with Crippen LogP contribution in [-0.4, -0.2) is 62.7 Å². The molecule has 2 N–H and O–H groups in total. The third-order valence-corrected chi connectivity index (χ3v) is 4.02. The number of nitrogens with zero attached hydrogens (tertiary/aromatic N) is 2. The molecule has 0 radical (unpaired) electrons. The zero-order valence-electron chi connectivity index (χ0n) is 15.2. The molecule has 1 aliphatic heterocycles. The number of nitrogens with one attached hydrogen (secondary N) is 2. The smallest absolute Gasteiger partial charge is 0.321 e. The Morgan fingerprint density at radius 3 is 2.80 bits per heavy atom. The summed E-state index contributed by atoms with van der Waals surface area (Å²) in [5, 5.41) is 4.96. The van der Waals surface area contributed by atoms with Gasteiger partial charge in [-0.05, 0) is 32.5 Å². The van der Waals surface area contributed by atoms with Gasteiger partial charge >= 0.3 is 6.03 Å². The Bertz CT molecular complexity index is 593. The van der Waals surface area contributed by atoms with Crippen molar-refractivity contribution in [3.8, 4) is 5.75 Å². The molecular weight excluding hydrogens is 320 g/mol. The first kappa shape index (κ1) is 19.1. The second-order valence-corrected chi connectivity index (χ2v) is 6.25. The van der Waals surface area contributed by atoms with Gasteiger partial charge in [0.2, 0.25) is 5.91 Å². The summed E-state index contributed by atoms with van der Waals surface area (Å²) >= 11 is 0. The van der Waals surface area contributed by atoms with E-state index < -0.39 is 6.03 Å². The van der Waals surface area contributed by atoms with Crippen molar-refractivity contribution in [1.82, 2.24) is 15.5 Å². The molecular formula is C18H28N4O3. The summed E-state index contributed by atoms with van der Waals surface area (Å²) in [6.45, 7) is 7.05. The van der Waals surface area contributed by atoms with Gasteiger partial charge in [-0.15, -0.1) is 0 Å². The van der Waals surface area contributed by atoms with Gasteiger partial charge in [-0.25, -0.2) is 4.79 Å². The molecule has 138 valence electrons. The molecule has 0 aliphatic carbocycles. The molecule has 0 aromatic heterocycles. The van der Waals surface area contributed by atoms with Crippen molar-refractivity contribution in [3.05, 3.63) is 24.3 Å². The number of carbonyl (C=O) groups is 2. The van der Waals surface area contributed by atoms with Crippen LogP contribution in [0.25, 0.3) is 0 Å². The molecule has 2 rings (SSSR count). The molecule has 7 heteroatoms. The molecule has 0 saturated heterocycles. The monoisotopic (exact) mass is 348 g/mol. The first-order valence-corrected chi connectivity index (χ1v) is 8.80. The van der Waals surface area contributed by atoms with Crippen molar-refractivity contribution >= 4 is 17.6 Å². The van der Waals surface area contributed by atoms with Crippen LogP contribution in [0.3, 0.4) is 0 Å². The molecule has 0 fully saturated rings. The maximum absolute atomic E-state index is 11.9. The van der Waals surface area contributed by atoms with Crippen molar-refractivity contribution in [2.75, 3.05) is 44.7 Å². The second-order valence-electron chi connectivity index (χ2n) is 6.25. The van der Waals surface area contributed by atoms with Gasteiger partial charge in [0.25, 0.3) is 0 Å². The summed E-state index contributed by atoms with van der Waals surface area (Å²) in [4.78, 5) is 27.6. The third kappa shape index (κ3) is 5.63. The van der Waals surface area contributed by atoms with Crippen molar-refractivity contribution in [1.29, 1.82) is 0 Å². The number of anilines is 1. The molecule has 1 unspecified atom stereocenters. The third-order valence-electron chi connectivity index (χ3n) is 4.02. The fourth-order valence-electron chi connectivity index (χ4n) is 2.88. The molecule has 0 bridgehead atoms. The zero-order valence-corrected chi connectivity index (χ0v) is 15.2. The number of rotatable bonds is 7. The van der Waals surface area contributed by atoms with Gasteiger partial charge in [-0.3, -0.25) is 15.0 Å². The predicted octanol–water partition coefficient (Wildman–Crippen LogP) is 1.44. The van der Waals surface area contributed by atoms with Crippen LogP contribution >= 0.6 is 0 Å².